The quantitative estimate of drug-likeness (QED) is 0.789. The van der Waals surface area contributed by atoms with Gasteiger partial charge in [0.2, 0.25) is 0 Å². The average Bonchev–Trinajstić information content (AvgIpc) is 2.73. The molecule has 4 nitrogen and oxygen atoms in total. The Morgan fingerprint density at radius 3 is 2.75 bits per heavy atom. The molecule has 0 amide bonds. The molecule has 2 aromatic rings. The first-order chi connectivity index (χ1) is 9.63. The number of nitrogens with zero attached hydrogens (tertiary/aromatic N) is 2. The Labute approximate surface area is 113 Å². The summed E-state index contributed by atoms with van der Waals surface area (Å²) in [6, 6.07) is 2.93. The van der Waals surface area contributed by atoms with Crippen molar-refractivity contribution in [2.24, 2.45) is 0 Å². The molecule has 0 bridgehead atoms. The lowest BCUT2D eigenvalue weighted by Crippen LogP contribution is -2.25. The maximum absolute atomic E-state index is 13.9. The molecule has 104 valence electrons. The monoisotopic (exact) mass is 278 g/mol. The molecule has 0 atom stereocenters. The smallest absolute Gasteiger partial charge is 0.282 e. The predicted molar refractivity (Wildman–Crippen MR) is 68.3 cm³/mol. The predicted octanol–water partition coefficient (Wildman–Crippen LogP) is 2.07. The van der Waals surface area contributed by atoms with Gasteiger partial charge < -0.3 is 0 Å². The van der Waals surface area contributed by atoms with E-state index in [2.05, 4.69) is 0 Å². The fourth-order valence-electron chi connectivity index (χ4n) is 2.67. The van der Waals surface area contributed by atoms with Crippen LogP contribution >= 0.6 is 0 Å². The van der Waals surface area contributed by atoms with E-state index in [1.165, 1.54) is 0 Å². The van der Waals surface area contributed by atoms with Gasteiger partial charge in [-0.15, -0.1) is 0 Å². The molecule has 1 aromatic heterocycles. The second-order valence-corrected chi connectivity index (χ2v) is 4.77. The molecule has 1 aromatic carbocycles. The van der Waals surface area contributed by atoms with Gasteiger partial charge in [-0.2, -0.15) is 0 Å². The van der Waals surface area contributed by atoms with Crippen molar-refractivity contribution in [1.82, 2.24) is 9.36 Å². The highest BCUT2D eigenvalue weighted by Gasteiger charge is 2.24. The van der Waals surface area contributed by atoms with Crippen LogP contribution in [0.2, 0.25) is 0 Å². The third kappa shape index (κ3) is 1.79. The van der Waals surface area contributed by atoms with Crippen molar-refractivity contribution in [1.29, 1.82) is 0 Å². The molecule has 0 unspecified atom stereocenters. The largest absolute Gasteiger partial charge is 0.298 e. The van der Waals surface area contributed by atoms with Gasteiger partial charge in [-0.1, -0.05) is 0 Å². The van der Waals surface area contributed by atoms with Gasteiger partial charge in [0.1, 0.15) is 22.9 Å². The van der Waals surface area contributed by atoms with Crippen LogP contribution in [0.5, 0.6) is 0 Å². The van der Waals surface area contributed by atoms with Crippen molar-refractivity contribution in [2.75, 3.05) is 0 Å². The van der Waals surface area contributed by atoms with Gasteiger partial charge in [0.05, 0.1) is 5.69 Å². The molecular formula is C14H12F2N2O2. The highest BCUT2D eigenvalue weighted by atomic mass is 19.1. The summed E-state index contributed by atoms with van der Waals surface area (Å²) in [6.45, 7) is 0.508. The molecule has 0 aliphatic carbocycles. The van der Waals surface area contributed by atoms with Crippen LogP contribution < -0.4 is 5.56 Å². The summed E-state index contributed by atoms with van der Waals surface area (Å²) in [5.41, 5.74) is -0.124. The topological polar surface area (TPSA) is 44.0 Å². The molecule has 0 fully saturated rings. The zero-order chi connectivity index (χ0) is 14.3. The lowest BCUT2D eigenvalue weighted by atomic mass is 10.1. The van der Waals surface area contributed by atoms with Gasteiger partial charge in [0, 0.05) is 12.6 Å². The van der Waals surface area contributed by atoms with Crippen molar-refractivity contribution < 1.29 is 13.6 Å². The lowest BCUT2D eigenvalue weighted by molar-refractivity contribution is 0.112. The second kappa shape index (κ2) is 4.70. The van der Waals surface area contributed by atoms with E-state index in [-0.39, 0.29) is 11.3 Å². The zero-order valence-corrected chi connectivity index (χ0v) is 10.6. The third-order valence-corrected chi connectivity index (χ3v) is 3.57. The van der Waals surface area contributed by atoms with Crippen molar-refractivity contribution >= 4 is 6.29 Å². The molecular weight excluding hydrogens is 266 g/mol. The number of fused-ring (bicyclic) bond motifs is 1. The Bertz CT molecular complexity index is 746. The fourth-order valence-corrected chi connectivity index (χ4v) is 2.67. The van der Waals surface area contributed by atoms with Crippen molar-refractivity contribution in [3.8, 4) is 5.69 Å². The van der Waals surface area contributed by atoms with E-state index in [0.29, 0.717) is 24.9 Å². The van der Waals surface area contributed by atoms with Crippen LogP contribution in [0.3, 0.4) is 0 Å². The first-order valence-electron chi connectivity index (χ1n) is 6.39. The minimum atomic E-state index is -0.697. The Morgan fingerprint density at radius 2 is 2.00 bits per heavy atom. The number of rotatable bonds is 2. The number of carbonyl (C=O) groups excluding carboxylic acids is 1. The van der Waals surface area contributed by atoms with E-state index in [4.69, 9.17) is 0 Å². The molecule has 0 saturated carbocycles. The van der Waals surface area contributed by atoms with Crippen molar-refractivity contribution in [2.45, 2.75) is 25.8 Å². The van der Waals surface area contributed by atoms with Crippen LogP contribution in [-0.2, 0) is 13.0 Å². The molecule has 1 aliphatic heterocycles. The molecule has 0 N–H and O–H groups in total. The minimum absolute atomic E-state index is 0.0355. The first kappa shape index (κ1) is 12.8. The second-order valence-electron chi connectivity index (χ2n) is 4.77. The third-order valence-electron chi connectivity index (χ3n) is 3.57. The van der Waals surface area contributed by atoms with Crippen LogP contribution in [0.1, 0.15) is 28.9 Å². The van der Waals surface area contributed by atoms with Crippen LogP contribution in [0.15, 0.2) is 23.0 Å². The molecule has 3 rings (SSSR count). The van der Waals surface area contributed by atoms with Crippen molar-refractivity contribution in [3.63, 3.8) is 0 Å². The molecule has 0 radical (unpaired) electrons. The highest BCUT2D eigenvalue weighted by Crippen LogP contribution is 2.21. The molecule has 1 aliphatic rings. The number of hydrogen-bond donors (Lipinski definition) is 0. The van der Waals surface area contributed by atoms with Gasteiger partial charge in [-0.05, 0) is 31.4 Å². The lowest BCUT2D eigenvalue weighted by Gasteiger charge is -2.19. The number of aromatic nitrogens is 2. The van der Waals surface area contributed by atoms with E-state index in [0.717, 1.165) is 35.7 Å². The van der Waals surface area contributed by atoms with Gasteiger partial charge in [-0.25, -0.2) is 13.5 Å². The number of aldehydes is 1. The van der Waals surface area contributed by atoms with Gasteiger partial charge in [0.15, 0.2) is 6.29 Å². The van der Waals surface area contributed by atoms with Crippen LogP contribution in [-0.4, -0.2) is 15.6 Å². The Balaban J connectivity index is 2.34. The summed E-state index contributed by atoms with van der Waals surface area (Å²) in [7, 11) is 0. The Kier molecular flexibility index (Phi) is 3.00. The number of benzene rings is 1. The normalized spacial score (nSPS) is 14.1. The van der Waals surface area contributed by atoms with E-state index in [1.54, 1.807) is 4.68 Å². The number of carbonyl (C=O) groups is 1. The van der Waals surface area contributed by atoms with E-state index in [1.807, 2.05) is 0 Å². The molecule has 2 heterocycles. The van der Waals surface area contributed by atoms with Crippen LogP contribution in [0.25, 0.3) is 5.69 Å². The summed E-state index contributed by atoms with van der Waals surface area (Å²) in [5, 5.41) is 0. The van der Waals surface area contributed by atoms with Crippen LogP contribution in [0.4, 0.5) is 8.78 Å². The standard InChI is InChI=1S/C14H12F2N2O2/c15-9-4-5-11(16)13(7-9)18-14(20)10(8-19)12-3-1-2-6-17(12)18/h4-5,7-8H,1-3,6H2. The van der Waals surface area contributed by atoms with E-state index < -0.39 is 17.2 Å². The molecule has 0 saturated heterocycles. The van der Waals surface area contributed by atoms with Gasteiger partial charge >= 0.3 is 0 Å². The van der Waals surface area contributed by atoms with Crippen molar-refractivity contribution in [3.05, 3.63) is 51.4 Å². The van der Waals surface area contributed by atoms with E-state index >= 15 is 0 Å². The summed E-state index contributed by atoms with van der Waals surface area (Å²) >= 11 is 0. The Morgan fingerprint density at radius 1 is 1.20 bits per heavy atom. The number of hydrogen-bond acceptors (Lipinski definition) is 2. The molecule has 0 spiro atoms. The molecule has 20 heavy (non-hydrogen) atoms. The minimum Gasteiger partial charge on any atom is -0.298 e. The first-order valence-corrected chi connectivity index (χ1v) is 6.39. The summed E-state index contributed by atoms with van der Waals surface area (Å²) < 4.78 is 29.9. The maximum atomic E-state index is 13.9. The SMILES string of the molecule is O=Cc1c2n(n(-c3cc(F)ccc3F)c1=O)CCCC2. The fraction of sp³-hybridized carbons (Fsp3) is 0.286. The Hall–Kier alpha value is -2.24. The van der Waals surface area contributed by atoms with E-state index in [9.17, 15) is 18.4 Å². The van der Waals surface area contributed by atoms with Gasteiger partial charge in [0.25, 0.3) is 5.56 Å². The zero-order valence-electron chi connectivity index (χ0n) is 10.6. The highest BCUT2D eigenvalue weighted by molar-refractivity contribution is 5.76. The summed E-state index contributed by atoms with van der Waals surface area (Å²) in [6.07, 6.45) is 2.78. The number of halogens is 2. The van der Waals surface area contributed by atoms with Gasteiger partial charge in [-0.3, -0.25) is 14.3 Å². The average molecular weight is 278 g/mol. The summed E-state index contributed by atoms with van der Waals surface area (Å²) in [5.74, 6) is -1.33. The van der Waals surface area contributed by atoms with Crippen LogP contribution in [0, 0.1) is 11.6 Å². The maximum Gasteiger partial charge on any atom is 0.282 e. The molecule has 6 heteroatoms. The summed E-state index contributed by atoms with van der Waals surface area (Å²) in [4.78, 5) is 23.4.